The van der Waals surface area contributed by atoms with Gasteiger partial charge in [-0.15, -0.1) is 0 Å². The molecule has 3 atom stereocenters. The van der Waals surface area contributed by atoms with Crippen LogP contribution in [0.1, 0.15) is 52.4 Å². The van der Waals surface area contributed by atoms with E-state index < -0.39 is 0 Å². The molecule has 1 fully saturated rings. The minimum atomic E-state index is -0.123. The third-order valence-corrected chi connectivity index (χ3v) is 3.48. The van der Waals surface area contributed by atoms with Crippen LogP contribution in [0.15, 0.2) is 0 Å². The molecule has 0 heterocycles. The summed E-state index contributed by atoms with van der Waals surface area (Å²) in [6.45, 7) is 4.39. The highest BCUT2D eigenvalue weighted by Crippen LogP contribution is 2.22. The maximum absolute atomic E-state index is 11.1. The molecule has 0 aromatic heterocycles. The maximum Gasteiger partial charge on any atom is 0.307 e. The van der Waals surface area contributed by atoms with E-state index in [1.165, 1.54) is 39.2 Å². The molecule has 1 aliphatic rings. The third-order valence-electron chi connectivity index (χ3n) is 3.48. The Hall–Kier alpha value is -0.570. The van der Waals surface area contributed by atoms with Gasteiger partial charge in [0.15, 0.2) is 0 Å². The predicted molar refractivity (Wildman–Crippen MR) is 65.3 cm³/mol. The summed E-state index contributed by atoms with van der Waals surface area (Å²) < 4.78 is 4.67. The van der Waals surface area contributed by atoms with E-state index in [0.717, 1.165) is 5.92 Å². The Bertz CT molecular complexity index is 218. The summed E-state index contributed by atoms with van der Waals surface area (Å²) in [6.07, 6.45) is 6.93. The second kappa shape index (κ2) is 6.89. The Labute approximate surface area is 98.9 Å². The molecule has 0 radical (unpaired) electrons. The van der Waals surface area contributed by atoms with Gasteiger partial charge in [0, 0.05) is 12.1 Å². The van der Waals surface area contributed by atoms with Crippen molar-refractivity contribution in [3.63, 3.8) is 0 Å². The summed E-state index contributed by atoms with van der Waals surface area (Å²) in [5.41, 5.74) is 0. The number of hydrogen-bond acceptors (Lipinski definition) is 3. The number of esters is 1. The van der Waals surface area contributed by atoms with Crippen LogP contribution < -0.4 is 5.32 Å². The van der Waals surface area contributed by atoms with Crippen molar-refractivity contribution in [1.29, 1.82) is 0 Å². The van der Waals surface area contributed by atoms with Crippen molar-refractivity contribution in [3.8, 4) is 0 Å². The first-order valence-electron chi connectivity index (χ1n) is 6.44. The lowest BCUT2D eigenvalue weighted by Crippen LogP contribution is -2.37. The fraction of sp³-hybridized carbons (Fsp3) is 0.923. The van der Waals surface area contributed by atoms with Gasteiger partial charge < -0.3 is 10.1 Å². The van der Waals surface area contributed by atoms with Gasteiger partial charge in [0.2, 0.25) is 0 Å². The molecule has 94 valence electrons. The number of carbonyl (C=O) groups excluding carboxylic acids is 1. The number of carbonyl (C=O) groups is 1. The van der Waals surface area contributed by atoms with Crippen LogP contribution in [-0.4, -0.2) is 25.2 Å². The summed E-state index contributed by atoms with van der Waals surface area (Å²) in [6, 6.07) is 0.815. The van der Waals surface area contributed by atoms with Gasteiger partial charge in [-0.2, -0.15) is 0 Å². The summed E-state index contributed by atoms with van der Waals surface area (Å²) >= 11 is 0. The average Bonchev–Trinajstić information content (AvgIpc) is 2.43. The molecule has 16 heavy (non-hydrogen) atoms. The monoisotopic (exact) mass is 227 g/mol. The zero-order chi connectivity index (χ0) is 12.0. The van der Waals surface area contributed by atoms with Crippen molar-refractivity contribution in [2.24, 2.45) is 5.92 Å². The first-order chi connectivity index (χ1) is 7.61. The molecule has 1 aliphatic carbocycles. The number of hydrogen-bond donors (Lipinski definition) is 1. The number of nitrogens with one attached hydrogen (secondary N) is 1. The minimum Gasteiger partial charge on any atom is -0.469 e. The molecule has 3 nitrogen and oxygen atoms in total. The van der Waals surface area contributed by atoms with E-state index in [2.05, 4.69) is 23.9 Å². The van der Waals surface area contributed by atoms with Crippen LogP contribution in [0.5, 0.6) is 0 Å². The standard InChI is InChI=1S/C13H25NO2/c1-10-5-4-6-12(8-7-10)14-11(2)9-13(15)16-3/h10-12,14H,4-9H2,1-3H3. The van der Waals surface area contributed by atoms with Crippen LogP contribution in [0.25, 0.3) is 0 Å². The largest absolute Gasteiger partial charge is 0.469 e. The predicted octanol–water partition coefficient (Wildman–Crippen LogP) is 2.50. The zero-order valence-electron chi connectivity index (χ0n) is 10.8. The van der Waals surface area contributed by atoms with E-state index in [4.69, 9.17) is 0 Å². The molecule has 0 aromatic rings. The highest BCUT2D eigenvalue weighted by molar-refractivity contribution is 5.69. The lowest BCUT2D eigenvalue weighted by Gasteiger charge is -2.21. The van der Waals surface area contributed by atoms with E-state index in [0.29, 0.717) is 12.5 Å². The lowest BCUT2D eigenvalue weighted by molar-refractivity contribution is -0.141. The van der Waals surface area contributed by atoms with Crippen LogP contribution in [0.4, 0.5) is 0 Å². The molecular formula is C13H25NO2. The topological polar surface area (TPSA) is 38.3 Å². The number of ether oxygens (including phenoxy) is 1. The van der Waals surface area contributed by atoms with Gasteiger partial charge in [0.25, 0.3) is 0 Å². The van der Waals surface area contributed by atoms with Gasteiger partial charge >= 0.3 is 5.97 Å². The van der Waals surface area contributed by atoms with Crippen molar-refractivity contribution < 1.29 is 9.53 Å². The molecule has 1 rings (SSSR count). The zero-order valence-corrected chi connectivity index (χ0v) is 10.8. The van der Waals surface area contributed by atoms with Gasteiger partial charge in [-0.05, 0) is 32.1 Å². The number of methoxy groups -OCH3 is 1. The fourth-order valence-corrected chi connectivity index (χ4v) is 2.45. The maximum atomic E-state index is 11.1. The average molecular weight is 227 g/mol. The van der Waals surface area contributed by atoms with Gasteiger partial charge in [0.1, 0.15) is 0 Å². The van der Waals surface area contributed by atoms with Gasteiger partial charge in [0.05, 0.1) is 13.5 Å². The first kappa shape index (κ1) is 13.5. The van der Waals surface area contributed by atoms with Crippen molar-refractivity contribution in [1.82, 2.24) is 5.32 Å². The van der Waals surface area contributed by atoms with Crippen LogP contribution >= 0.6 is 0 Å². The molecule has 0 amide bonds. The molecule has 0 aromatic carbocycles. The van der Waals surface area contributed by atoms with Crippen molar-refractivity contribution in [2.75, 3.05) is 7.11 Å². The highest BCUT2D eigenvalue weighted by Gasteiger charge is 2.18. The van der Waals surface area contributed by atoms with Crippen LogP contribution in [0.3, 0.4) is 0 Å². The Morgan fingerprint density at radius 2 is 2.12 bits per heavy atom. The van der Waals surface area contributed by atoms with Crippen LogP contribution in [-0.2, 0) is 9.53 Å². The van der Waals surface area contributed by atoms with E-state index >= 15 is 0 Å². The first-order valence-corrected chi connectivity index (χ1v) is 6.44. The summed E-state index contributed by atoms with van der Waals surface area (Å²) in [4.78, 5) is 11.1. The Kier molecular flexibility index (Phi) is 5.81. The minimum absolute atomic E-state index is 0.123. The quantitative estimate of drug-likeness (QED) is 0.592. The molecule has 0 aliphatic heterocycles. The molecule has 1 N–H and O–H groups in total. The van der Waals surface area contributed by atoms with Crippen molar-refractivity contribution in [3.05, 3.63) is 0 Å². The normalized spacial score (nSPS) is 28.2. The highest BCUT2D eigenvalue weighted by atomic mass is 16.5. The smallest absolute Gasteiger partial charge is 0.307 e. The second-order valence-electron chi connectivity index (χ2n) is 5.16. The van der Waals surface area contributed by atoms with Crippen LogP contribution in [0.2, 0.25) is 0 Å². The third kappa shape index (κ3) is 4.97. The summed E-state index contributed by atoms with van der Waals surface area (Å²) in [5, 5.41) is 3.54. The molecule has 3 unspecified atom stereocenters. The molecule has 0 bridgehead atoms. The van der Waals surface area contributed by atoms with Gasteiger partial charge in [-0.3, -0.25) is 4.79 Å². The van der Waals surface area contributed by atoms with Gasteiger partial charge in [-0.25, -0.2) is 0 Å². The van der Waals surface area contributed by atoms with E-state index in [1.807, 2.05) is 0 Å². The fourth-order valence-electron chi connectivity index (χ4n) is 2.45. The Balaban J connectivity index is 2.27. The lowest BCUT2D eigenvalue weighted by atomic mass is 10.0. The van der Waals surface area contributed by atoms with Gasteiger partial charge in [-0.1, -0.05) is 19.8 Å². The van der Waals surface area contributed by atoms with Crippen molar-refractivity contribution >= 4 is 5.97 Å². The van der Waals surface area contributed by atoms with Crippen molar-refractivity contribution in [2.45, 2.75) is 64.5 Å². The van der Waals surface area contributed by atoms with E-state index in [9.17, 15) is 4.79 Å². The molecule has 1 saturated carbocycles. The molecule has 0 spiro atoms. The summed E-state index contributed by atoms with van der Waals surface area (Å²) in [7, 11) is 1.45. The summed E-state index contributed by atoms with van der Waals surface area (Å²) in [5.74, 6) is 0.740. The molecule has 3 heteroatoms. The second-order valence-corrected chi connectivity index (χ2v) is 5.16. The molecular weight excluding hydrogens is 202 g/mol. The molecule has 0 saturated heterocycles. The van der Waals surface area contributed by atoms with Crippen LogP contribution in [0, 0.1) is 5.92 Å². The van der Waals surface area contributed by atoms with E-state index in [1.54, 1.807) is 0 Å². The SMILES string of the molecule is COC(=O)CC(C)NC1CCCC(C)CC1. The Morgan fingerprint density at radius 1 is 1.38 bits per heavy atom. The number of rotatable bonds is 4. The Morgan fingerprint density at radius 3 is 2.81 bits per heavy atom. The van der Waals surface area contributed by atoms with E-state index in [-0.39, 0.29) is 12.0 Å².